The first kappa shape index (κ1) is 19.3. The van der Waals surface area contributed by atoms with Gasteiger partial charge < -0.3 is 24.4 Å². The number of hydrogen-bond donors (Lipinski definition) is 2. The van der Waals surface area contributed by atoms with E-state index in [-0.39, 0.29) is 17.9 Å². The maximum atomic E-state index is 12.8. The van der Waals surface area contributed by atoms with Crippen molar-refractivity contribution in [2.24, 2.45) is 13.0 Å². The molecule has 154 valence electrons. The molecule has 1 aromatic carbocycles. The Bertz CT molecular complexity index is 1120. The molecule has 4 rings (SSSR count). The van der Waals surface area contributed by atoms with Crippen LogP contribution in [-0.4, -0.2) is 44.6 Å². The van der Waals surface area contributed by atoms with Gasteiger partial charge in [-0.05, 0) is 30.9 Å². The van der Waals surface area contributed by atoms with E-state index in [1.165, 1.54) is 4.57 Å². The average Bonchev–Trinajstić information content (AvgIpc) is 3.11. The van der Waals surface area contributed by atoms with Gasteiger partial charge in [-0.25, -0.2) is 0 Å². The molecule has 8 heteroatoms. The van der Waals surface area contributed by atoms with Crippen molar-refractivity contribution in [3.05, 3.63) is 40.2 Å². The van der Waals surface area contributed by atoms with E-state index in [2.05, 4.69) is 11.8 Å². The Morgan fingerprint density at radius 2 is 2.10 bits per heavy atom. The first-order valence-corrected chi connectivity index (χ1v) is 9.79. The number of rotatable bonds is 5. The number of hydrogen-bond acceptors (Lipinski definition) is 6. The summed E-state index contributed by atoms with van der Waals surface area (Å²) in [4.78, 5) is 19.6. The molecule has 1 atom stereocenters. The van der Waals surface area contributed by atoms with Gasteiger partial charge in [0.1, 0.15) is 11.3 Å². The number of nitrogens with zero attached hydrogens (tertiary/aromatic N) is 4. The number of aryl methyl sites for hydroxylation is 1. The van der Waals surface area contributed by atoms with Gasteiger partial charge in [0, 0.05) is 38.5 Å². The molecule has 3 aromatic rings. The third kappa shape index (κ3) is 3.13. The number of ether oxygens (including phenoxy) is 1. The maximum absolute atomic E-state index is 12.8. The highest BCUT2D eigenvalue weighted by Crippen LogP contribution is 2.38. The average molecular weight is 398 g/mol. The number of aliphatic hydroxyl groups excluding tert-OH is 1. The molecule has 8 nitrogen and oxygen atoms in total. The monoisotopic (exact) mass is 398 g/mol. The summed E-state index contributed by atoms with van der Waals surface area (Å²) >= 11 is 0. The summed E-state index contributed by atoms with van der Waals surface area (Å²) < 4.78 is 8.84. The number of aliphatic hydroxyl groups is 1. The first-order chi connectivity index (χ1) is 14.0. The van der Waals surface area contributed by atoms with Crippen molar-refractivity contribution in [1.82, 2.24) is 14.1 Å². The molecule has 0 spiro atoms. The Morgan fingerprint density at radius 3 is 2.83 bits per heavy atom. The standard InChI is InChI=1S/C21H26N4O4/c1-13-11-24(14-6-4-7-15(10-14)29-3)21-22-19-17(25(21)12-13)18(27)16(8-5-9-26)20(28)23(19)2/h4,6-7,10,13,26-27H,5,8-9,11-12H2,1-3H3. The third-order valence-corrected chi connectivity index (χ3v) is 5.50. The van der Waals surface area contributed by atoms with E-state index < -0.39 is 0 Å². The molecule has 0 radical (unpaired) electrons. The minimum atomic E-state index is -0.278. The van der Waals surface area contributed by atoms with Crippen LogP contribution < -0.4 is 15.2 Å². The minimum Gasteiger partial charge on any atom is -0.505 e. The van der Waals surface area contributed by atoms with Crippen molar-refractivity contribution in [2.75, 3.05) is 25.2 Å². The van der Waals surface area contributed by atoms with E-state index in [1.54, 1.807) is 14.2 Å². The number of aromatic hydroxyl groups is 1. The van der Waals surface area contributed by atoms with E-state index >= 15 is 0 Å². The predicted molar refractivity (Wildman–Crippen MR) is 111 cm³/mol. The second-order valence-corrected chi connectivity index (χ2v) is 7.63. The molecule has 0 aliphatic carbocycles. The maximum Gasteiger partial charge on any atom is 0.258 e. The number of aromatic nitrogens is 3. The summed E-state index contributed by atoms with van der Waals surface area (Å²) in [6, 6.07) is 7.77. The smallest absolute Gasteiger partial charge is 0.258 e. The Morgan fingerprint density at radius 1 is 1.31 bits per heavy atom. The lowest BCUT2D eigenvalue weighted by atomic mass is 10.1. The quantitative estimate of drug-likeness (QED) is 0.684. The Labute approximate surface area is 168 Å². The van der Waals surface area contributed by atoms with E-state index in [4.69, 9.17) is 14.8 Å². The fourth-order valence-electron chi connectivity index (χ4n) is 4.06. The fourth-order valence-corrected chi connectivity index (χ4v) is 4.06. The van der Waals surface area contributed by atoms with Crippen LogP contribution >= 0.6 is 0 Å². The molecular weight excluding hydrogens is 372 g/mol. The van der Waals surface area contributed by atoms with Gasteiger partial charge in [-0.1, -0.05) is 13.0 Å². The largest absolute Gasteiger partial charge is 0.505 e. The van der Waals surface area contributed by atoms with Crippen molar-refractivity contribution in [1.29, 1.82) is 0 Å². The van der Waals surface area contributed by atoms with Crippen LogP contribution in [0.3, 0.4) is 0 Å². The van der Waals surface area contributed by atoms with Crippen molar-refractivity contribution in [3.8, 4) is 11.5 Å². The molecule has 0 bridgehead atoms. The van der Waals surface area contributed by atoms with Gasteiger partial charge in [-0.2, -0.15) is 4.98 Å². The van der Waals surface area contributed by atoms with Crippen molar-refractivity contribution in [2.45, 2.75) is 26.3 Å². The lowest BCUT2D eigenvalue weighted by molar-refractivity contribution is 0.287. The number of fused-ring (bicyclic) bond motifs is 3. The SMILES string of the molecule is COc1cccc(N2CC(C)Cn3c2nc2c3c(O)c(CCCO)c(=O)n2C)c1. The highest BCUT2D eigenvalue weighted by Gasteiger charge is 2.30. The summed E-state index contributed by atoms with van der Waals surface area (Å²) in [6.45, 7) is 3.57. The number of anilines is 2. The van der Waals surface area contributed by atoms with Gasteiger partial charge in [0.15, 0.2) is 11.4 Å². The Hall–Kier alpha value is -3.00. The van der Waals surface area contributed by atoms with Gasteiger partial charge in [0.25, 0.3) is 5.56 Å². The molecule has 0 amide bonds. The lowest BCUT2D eigenvalue weighted by Gasteiger charge is -2.33. The fraction of sp³-hybridized carbons (Fsp3) is 0.429. The zero-order valence-electron chi connectivity index (χ0n) is 16.9. The van der Waals surface area contributed by atoms with Crippen LogP contribution in [0.5, 0.6) is 11.5 Å². The normalized spacial score (nSPS) is 16.3. The van der Waals surface area contributed by atoms with Crippen LogP contribution in [0.1, 0.15) is 18.9 Å². The van der Waals surface area contributed by atoms with Crippen LogP contribution in [-0.2, 0) is 20.0 Å². The van der Waals surface area contributed by atoms with Crippen LogP contribution in [0.15, 0.2) is 29.1 Å². The lowest BCUT2D eigenvalue weighted by Crippen LogP contribution is -2.34. The topological polar surface area (TPSA) is 92.8 Å². The molecule has 2 N–H and O–H groups in total. The molecule has 1 aliphatic heterocycles. The predicted octanol–water partition coefficient (Wildman–Crippen LogP) is 2.16. The van der Waals surface area contributed by atoms with E-state index in [0.717, 1.165) is 18.0 Å². The van der Waals surface area contributed by atoms with E-state index in [0.29, 0.717) is 48.0 Å². The van der Waals surface area contributed by atoms with Crippen molar-refractivity contribution in [3.63, 3.8) is 0 Å². The Kier molecular flexibility index (Phi) is 4.96. The molecule has 0 fully saturated rings. The number of imidazole rings is 1. The van der Waals surface area contributed by atoms with E-state index in [1.807, 2.05) is 28.8 Å². The number of methoxy groups -OCH3 is 1. The van der Waals surface area contributed by atoms with Gasteiger partial charge in [0.2, 0.25) is 5.95 Å². The zero-order chi connectivity index (χ0) is 20.7. The molecule has 2 aromatic heterocycles. The molecule has 1 unspecified atom stereocenters. The number of pyridine rings is 1. The zero-order valence-corrected chi connectivity index (χ0v) is 16.9. The van der Waals surface area contributed by atoms with Crippen molar-refractivity contribution < 1.29 is 14.9 Å². The molecule has 3 heterocycles. The van der Waals surface area contributed by atoms with Gasteiger partial charge in [-0.3, -0.25) is 9.36 Å². The summed E-state index contributed by atoms with van der Waals surface area (Å²) in [7, 11) is 3.31. The molecule has 29 heavy (non-hydrogen) atoms. The van der Waals surface area contributed by atoms with Crippen LogP contribution in [0.25, 0.3) is 11.2 Å². The van der Waals surface area contributed by atoms with Gasteiger partial charge in [0.05, 0.1) is 12.7 Å². The summed E-state index contributed by atoms with van der Waals surface area (Å²) in [6.07, 6.45) is 0.738. The molecule has 1 aliphatic rings. The first-order valence-electron chi connectivity index (χ1n) is 9.79. The summed E-state index contributed by atoms with van der Waals surface area (Å²) in [5.74, 6) is 1.72. The number of benzene rings is 1. The minimum absolute atomic E-state index is 0.0324. The molecular formula is C21H26N4O4. The van der Waals surface area contributed by atoms with Crippen LogP contribution in [0.4, 0.5) is 11.6 Å². The third-order valence-electron chi connectivity index (χ3n) is 5.50. The van der Waals surface area contributed by atoms with Crippen LogP contribution in [0.2, 0.25) is 0 Å². The second-order valence-electron chi connectivity index (χ2n) is 7.63. The van der Waals surface area contributed by atoms with Crippen molar-refractivity contribution >= 4 is 22.8 Å². The van der Waals surface area contributed by atoms with Gasteiger partial charge >= 0.3 is 0 Å². The molecule has 0 saturated carbocycles. The van der Waals surface area contributed by atoms with Crippen LogP contribution in [0, 0.1) is 5.92 Å². The highest BCUT2D eigenvalue weighted by atomic mass is 16.5. The summed E-state index contributed by atoms with van der Waals surface area (Å²) in [5.41, 5.74) is 2.01. The second kappa shape index (κ2) is 7.44. The summed E-state index contributed by atoms with van der Waals surface area (Å²) in [5, 5.41) is 20.1. The highest BCUT2D eigenvalue weighted by molar-refractivity contribution is 5.84. The molecule has 0 saturated heterocycles. The van der Waals surface area contributed by atoms with E-state index in [9.17, 15) is 9.90 Å². The van der Waals surface area contributed by atoms with Gasteiger partial charge in [-0.15, -0.1) is 0 Å². The Balaban J connectivity index is 1.94.